The summed E-state index contributed by atoms with van der Waals surface area (Å²) in [4.78, 5) is 75.2. The van der Waals surface area contributed by atoms with E-state index in [1.165, 1.54) is 9.70 Å². The van der Waals surface area contributed by atoms with Gasteiger partial charge in [-0.2, -0.15) is 15.0 Å². The summed E-state index contributed by atoms with van der Waals surface area (Å²) in [6, 6.07) is 13.9. The molecule has 3 aliphatic carbocycles. The smallest absolute Gasteiger partial charge is 0.408 e. The lowest BCUT2D eigenvalue weighted by atomic mass is 10.0. The van der Waals surface area contributed by atoms with E-state index in [1.54, 1.807) is 23.1 Å². The van der Waals surface area contributed by atoms with Crippen molar-refractivity contribution in [3.63, 3.8) is 0 Å². The van der Waals surface area contributed by atoms with Crippen LogP contribution in [0.25, 0.3) is 22.5 Å². The van der Waals surface area contributed by atoms with Crippen LogP contribution in [0.5, 0.6) is 0 Å². The van der Waals surface area contributed by atoms with E-state index in [4.69, 9.17) is 19.7 Å². The summed E-state index contributed by atoms with van der Waals surface area (Å²) in [5, 5.41) is 15.2. The normalized spacial score (nSPS) is 27.3. The topological polar surface area (TPSA) is 211 Å². The molecular formula is C46H56N8O9S. The summed E-state index contributed by atoms with van der Waals surface area (Å²) in [6.45, 7) is 1.89. The van der Waals surface area contributed by atoms with Gasteiger partial charge in [-0.3, -0.25) is 23.9 Å². The van der Waals surface area contributed by atoms with Crippen LogP contribution in [0.4, 0.5) is 4.79 Å². The molecule has 6 aliphatic rings. The zero-order chi connectivity index (χ0) is 44.4. The summed E-state index contributed by atoms with van der Waals surface area (Å²) >= 11 is 0. The van der Waals surface area contributed by atoms with Gasteiger partial charge in [-0.05, 0) is 76.3 Å². The number of nitrogens with one attached hydrogen (secondary N) is 3. The minimum Gasteiger partial charge on any atom is -0.446 e. The van der Waals surface area contributed by atoms with Crippen LogP contribution >= 0.6 is 0 Å². The van der Waals surface area contributed by atoms with Crippen molar-refractivity contribution >= 4 is 39.7 Å². The third kappa shape index (κ3) is 9.43. The maximum Gasteiger partial charge on any atom is 0.408 e. The second-order valence-corrected chi connectivity index (χ2v) is 19.9. The van der Waals surface area contributed by atoms with Gasteiger partial charge in [0.25, 0.3) is 11.8 Å². The average Bonchev–Trinajstić information content (AvgIpc) is 4.08. The van der Waals surface area contributed by atoms with Gasteiger partial charge >= 0.3 is 6.09 Å². The van der Waals surface area contributed by atoms with Gasteiger partial charge in [0, 0.05) is 48.7 Å². The van der Waals surface area contributed by atoms with Crippen molar-refractivity contribution in [2.24, 2.45) is 5.92 Å². The molecule has 18 heteroatoms. The van der Waals surface area contributed by atoms with Crippen molar-refractivity contribution in [3.8, 4) is 22.5 Å². The molecule has 9 rings (SSSR count). The Balaban J connectivity index is 1.05. The molecule has 2 aromatic carbocycles. The van der Waals surface area contributed by atoms with Gasteiger partial charge in [0.15, 0.2) is 0 Å². The number of benzene rings is 2. The zero-order valence-electron chi connectivity index (χ0n) is 35.9. The maximum absolute atomic E-state index is 14.9. The number of sulfonamides is 1. The van der Waals surface area contributed by atoms with E-state index in [9.17, 15) is 32.4 Å². The second kappa shape index (κ2) is 18.5. The quantitative estimate of drug-likeness (QED) is 0.258. The number of morpholine rings is 1. The molecule has 17 nitrogen and oxygen atoms in total. The van der Waals surface area contributed by atoms with Crippen LogP contribution in [0.3, 0.4) is 0 Å². The highest BCUT2D eigenvalue weighted by atomic mass is 32.2. The molecule has 2 saturated heterocycles. The summed E-state index contributed by atoms with van der Waals surface area (Å²) in [5.41, 5.74) is 1.40. The number of allylic oxidation sites excluding steroid dienone is 1. The van der Waals surface area contributed by atoms with Crippen molar-refractivity contribution in [2.75, 3.05) is 32.8 Å². The Morgan fingerprint density at radius 1 is 0.859 bits per heavy atom. The third-order valence-electron chi connectivity index (χ3n) is 13.4. The van der Waals surface area contributed by atoms with Crippen molar-refractivity contribution in [1.29, 1.82) is 0 Å². The van der Waals surface area contributed by atoms with Crippen LogP contribution in [0.15, 0.2) is 66.7 Å². The number of carbonyl (C=O) groups is 5. The lowest BCUT2D eigenvalue weighted by molar-refractivity contribution is -0.141. The molecule has 340 valence electrons. The Morgan fingerprint density at radius 3 is 2.33 bits per heavy atom. The Kier molecular flexibility index (Phi) is 12.6. The molecule has 5 amide bonds. The fraction of sp³-hybridized carbons (Fsp3) is 0.543. The molecule has 4 heterocycles. The van der Waals surface area contributed by atoms with E-state index in [1.807, 2.05) is 48.6 Å². The molecule has 1 aromatic heterocycles. The molecule has 64 heavy (non-hydrogen) atoms. The standard InChI is InChI=1S/C46H56N8O9S/c55-41-38-27-34(54-49-39(30-12-5-4-6-13-30)40(50-54)31-14-11-15-32(26-31)42(56)52-22-24-62-25-23-52)29-53(38)43(57)37(47-45(59)63-35-17-9-10-18-35)19-8-3-1-2-7-16-33-28-46(33,48-41)44(58)51-64(60,61)36-20-21-36/h4-7,11-16,26,33-38H,1-3,8-10,17-25,27-29H2,(H,47,59)(H,48,55)(H,51,58)/b16-7+/t33-,34-,37-,38+,46-/m1/s1. The van der Waals surface area contributed by atoms with Crippen LogP contribution in [-0.4, -0.2) is 125 Å². The lowest BCUT2D eigenvalue weighted by Gasteiger charge is -2.30. The zero-order valence-corrected chi connectivity index (χ0v) is 36.7. The molecular weight excluding hydrogens is 841 g/mol. The van der Waals surface area contributed by atoms with Gasteiger partial charge in [-0.15, -0.1) is 0 Å². The van der Waals surface area contributed by atoms with Crippen LogP contribution in [0, 0.1) is 5.92 Å². The first-order valence-corrected chi connectivity index (χ1v) is 24.4. The summed E-state index contributed by atoms with van der Waals surface area (Å²) in [7, 11) is -3.93. The van der Waals surface area contributed by atoms with E-state index < -0.39 is 68.7 Å². The van der Waals surface area contributed by atoms with E-state index in [0.29, 0.717) is 80.9 Å². The highest BCUT2D eigenvalue weighted by Crippen LogP contribution is 2.46. The highest BCUT2D eigenvalue weighted by Gasteiger charge is 2.62. The number of carbonyl (C=O) groups excluding carboxylic acids is 5. The number of rotatable bonds is 9. The number of alkyl carbamates (subject to hydrolysis) is 1. The summed E-state index contributed by atoms with van der Waals surface area (Å²) in [5.74, 6) is -2.48. The van der Waals surface area contributed by atoms with Gasteiger partial charge in [0.05, 0.1) is 24.5 Å². The van der Waals surface area contributed by atoms with Gasteiger partial charge in [-0.25, -0.2) is 13.2 Å². The Hall–Kier alpha value is -5.62. The Morgan fingerprint density at radius 2 is 1.58 bits per heavy atom. The van der Waals surface area contributed by atoms with Gasteiger partial charge in [0.2, 0.25) is 21.8 Å². The molecule has 0 spiro atoms. The number of hydrogen-bond acceptors (Lipinski definition) is 11. The third-order valence-corrected chi connectivity index (χ3v) is 15.2. The minimum absolute atomic E-state index is 0.0106. The summed E-state index contributed by atoms with van der Waals surface area (Å²) < 4.78 is 39.5. The lowest BCUT2D eigenvalue weighted by Crippen LogP contribution is -2.58. The van der Waals surface area contributed by atoms with E-state index in [2.05, 4.69) is 15.4 Å². The Labute approximate surface area is 372 Å². The molecule has 3 aliphatic heterocycles. The molecule has 3 N–H and O–H groups in total. The molecule has 3 saturated carbocycles. The molecule has 0 bridgehead atoms. The second-order valence-electron chi connectivity index (χ2n) is 18.0. The van der Waals surface area contributed by atoms with Crippen molar-refractivity contribution in [3.05, 3.63) is 72.3 Å². The van der Waals surface area contributed by atoms with E-state index in [0.717, 1.165) is 44.1 Å². The minimum atomic E-state index is -3.93. The fourth-order valence-electron chi connectivity index (χ4n) is 9.50. The molecule has 5 atom stereocenters. The fourth-order valence-corrected chi connectivity index (χ4v) is 10.9. The molecule has 5 fully saturated rings. The number of fused-ring (bicyclic) bond motifs is 2. The predicted octanol–water partition coefficient (Wildman–Crippen LogP) is 4.27. The summed E-state index contributed by atoms with van der Waals surface area (Å²) in [6.07, 6.45) is 10.7. The van der Waals surface area contributed by atoms with Crippen LogP contribution in [-0.2, 0) is 33.9 Å². The average molecular weight is 897 g/mol. The van der Waals surface area contributed by atoms with Crippen LogP contribution in [0.2, 0.25) is 0 Å². The van der Waals surface area contributed by atoms with Gasteiger partial charge < -0.3 is 29.9 Å². The van der Waals surface area contributed by atoms with Gasteiger partial charge in [-0.1, -0.05) is 67.5 Å². The SMILES string of the molecule is O=C(N[C@@H]1CCCCC/C=C/[C@@H]2C[C@@]2(C(=O)NS(=O)(=O)C2CC2)NC(=O)[C@@H]2C[C@@H](n3nc(-c4ccccc4)c(-c4cccc(C(=O)N5CCOCC5)c4)n3)CN2C1=O)OC1CCCC1. The number of amides is 5. The first-order valence-electron chi connectivity index (χ1n) is 22.8. The van der Waals surface area contributed by atoms with Crippen molar-refractivity contribution in [2.45, 2.75) is 118 Å². The number of hydrogen-bond donors (Lipinski definition) is 3. The van der Waals surface area contributed by atoms with Crippen LogP contribution < -0.4 is 15.4 Å². The van der Waals surface area contributed by atoms with Crippen LogP contribution in [0.1, 0.15) is 99.9 Å². The monoisotopic (exact) mass is 896 g/mol. The van der Waals surface area contributed by atoms with Crippen molar-refractivity contribution < 1.29 is 41.9 Å². The first kappa shape index (κ1) is 43.6. The highest BCUT2D eigenvalue weighted by molar-refractivity contribution is 7.91. The van der Waals surface area contributed by atoms with Gasteiger partial charge in [0.1, 0.15) is 35.1 Å². The molecule has 0 unspecified atom stereocenters. The Bertz CT molecular complexity index is 2390. The largest absolute Gasteiger partial charge is 0.446 e. The first-order chi connectivity index (χ1) is 31.0. The number of nitrogens with zero attached hydrogens (tertiary/aromatic N) is 5. The molecule has 0 radical (unpaired) electrons. The number of aromatic nitrogens is 3. The maximum atomic E-state index is 14.9. The van der Waals surface area contributed by atoms with E-state index in [-0.39, 0.29) is 31.4 Å². The molecule has 3 aromatic rings. The van der Waals surface area contributed by atoms with Crippen molar-refractivity contribution in [1.82, 2.24) is 40.1 Å². The predicted molar refractivity (Wildman–Crippen MR) is 234 cm³/mol. The van der Waals surface area contributed by atoms with E-state index >= 15 is 0 Å². The number of ether oxygens (including phenoxy) is 2.